The molecular formula is C18H23N3O4S. The number of rotatable bonds is 7. The van der Waals surface area contributed by atoms with Gasteiger partial charge in [-0.2, -0.15) is 0 Å². The Bertz CT molecular complexity index is 863. The van der Waals surface area contributed by atoms with Gasteiger partial charge in [-0.05, 0) is 25.0 Å². The van der Waals surface area contributed by atoms with E-state index in [-0.39, 0.29) is 29.8 Å². The van der Waals surface area contributed by atoms with E-state index in [2.05, 4.69) is 15.0 Å². The molecule has 1 atom stereocenters. The Labute approximate surface area is 156 Å². The second-order valence-electron chi connectivity index (χ2n) is 6.27. The Balaban J connectivity index is 2.29. The third kappa shape index (κ3) is 4.85. The first-order valence-electron chi connectivity index (χ1n) is 8.32. The fourth-order valence-corrected chi connectivity index (χ4v) is 2.99. The van der Waals surface area contributed by atoms with Crippen molar-refractivity contribution in [1.82, 2.24) is 14.9 Å². The average Bonchev–Trinajstić information content (AvgIpc) is 2.62. The molecule has 2 rings (SSSR count). The van der Waals surface area contributed by atoms with E-state index in [4.69, 9.17) is 0 Å². The van der Waals surface area contributed by atoms with Crippen molar-refractivity contribution in [2.24, 2.45) is 5.92 Å². The van der Waals surface area contributed by atoms with E-state index in [9.17, 15) is 14.4 Å². The SMILES string of the molecule is COC(=O)Cn1c(SCC(=O)N[C@H](C)C(C)C)nc2ccccc2c1=O. The number of carbonyl (C=O) groups is 2. The summed E-state index contributed by atoms with van der Waals surface area (Å²) in [5, 5.41) is 3.63. The molecule has 0 saturated carbocycles. The maximum absolute atomic E-state index is 12.7. The molecule has 0 fully saturated rings. The van der Waals surface area contributed by atoms with E-state index in [0.717, 1.165) is 11.8 Å². The van der Waals surface area contributed by atoms with Gasteiger partial charge >= 0.3 is 5.97 Å². The molecule has 8 heteroatoms. The van der Waals surface area contributed by atoms with Crippen LogP contribution in [0.5, 0.6) is 0 Å². The van der Waals surface area contributed by atoms with E-state index in [1.54, 1.807) is 24.3 Å². The van der Waals surface area contributed by atoms with Gasteiger partial charge in [0.15, 0.2) is 5.16 Å². The van der Waals surface area contributed by atoms with Crippen molar-refractivity contribution in [2.45, 2.75) is 38.5 Å². The Kier molecular flexibility index (Phi) is 6.79. The fourth-order valence-electron chi connectivity index (χ4n) is 2.18. The Morgan fingerprint density at radius 1 is 1.27 bits per heavy atom. The van der Waals surface area contributed by atoms with E-state index < -0.39 is 5.97 Å². The zero-order valence-electron chi connectivity index (χ0n) is 15.3. The number of fused-ring (bicyclic) bond motifs is 1. The summed E-state index contributed by atoms with van der Waals surface area (Å²) in [5.74, 6) is -0.282. The Hall–Kier alpha value is -2.35. The van der Waals surface area contributed by atoms with Gasteiger partial charge in [-0.25, -0.2) is 4.98 Å². The monoisotopic (exact) mass is 377 g/mol. The minimum absolute atomic E-state index is 0.0462. The van der Waals surface area contributed by atoms with Crippen LogP contribution in [0.15, 0.2) is 34.2 Å². The molecule has 1 amide bonds. The summed E-state index contributed by atoms with van der Waals surface area (Å²) in [6, 6.07) is 6.95. The minimum atomic E-state index is -0.552. The minimum Gasteiger partial charge on any atom is -0.468 e. The molecule has 0 saturated heterocycles. The highest BCUT2D eigenvalue weighted by molar-refractivity contribution is 7.99. The lowest BCUT2D eigenvalue weighted by Crippen LogP contribution is -2.37. The number of thioether (sulfide) groups is 1. The molecule has 1 N–H and O–H groups in total. The van der Waals surface area contributed by atoms with Gasteiger partial charge < -0.3 is 10.1 Å². The third-order valence-electron chi connectivity index (χ3n) is 4.06. The lowest BCUT2D eigenvalue weighted by Gasteiger charge is -2.17. The highest BCUT2D eigenvalue weighted by Gasteiger charge is 2.17. The summed E-state index contributed by atoms with van der Waals surface area (Å²) in [5.41, 5.74) is 0.191. The molecule has 26 heavy (non-hydrogen) atoms. The Morgan fingerprint density at radius 3 is 2.62 bits per heavy atom. The number of benzene rings is 1. The number of ether oxygens (including phenoxy) is 1. The van der Waals surface area contributed by atoms with Gasteiger partial charge in [0, 0.05) is 6.04 Å². The van der Waals surface area contributed by atoms with Crippen LogP contribution in [0.1, 0.15) is 20.8 Å². The number of hydrogen-bond acceptors (Lipinski definition) is 6. The maximum Gasteiger partial charge on any atom is 0.325 e. The second kappa shape index (κ2) is 8.84. The molecule has 0 bridgehead atoms. The molecule has 2 aromatic rings. The number of methoxy groups -OCH3 is 1. The van der Waals surface area contributed by atoms with Gasteiger partial charge in [0.25, 0.3) is 5.56 Å². The van der Waals surface area contributed by atoms with E-state index >= 15 is 0 Å². The highest BCUT2D eigenvalue weighted by atomic mass is 32.2. The van der Waals surface area contributed by atoms with Crippen molar-refractivity contribution in [3.63, 3.8) is 0 Å². The smallest absolute Gasteiger partial charge is 0.325 e. The molecule has 0 radical (unpaired) electrons. The predicted molar refractivity (Wildman–Crippen MR) is 101 cm³/mol. The van der Waals surface area contributed by atoms with E-state index in [0.29, 0.717) is 22.0 Å². The standard InChI is InChI=1S/C18H23N3O4S/c1-11(2)12(3)19-15(22)10-26-18-20-14-8-6-5-7-13(14)17(24)21(18)9-16(23)25-4/h5-8,11-12H,9-10H2,1-4H3,(H,19,22)/t12-/m1/s1. The second-order valence-corrected chi connectivity index (χ2v) is 7.21. The molecule has 0 aliphatic rings. The third-order valence-corrected chi connectivity index (χ3v) is 5.04. The zero-order chi connectivity index (χ0) is 19.3. The normalized spacial score (nSPS) is 12.2. The molecule has 1 aromatic heterocycles. The lowest BCUT2D eigenvalue weighted by atomic mass is 10.1. The fraction of sp³-hybridized carbons (Fsp3) is 0.444. The quantitative estimate of drug-likeness (QED) is 0.450. The van der Waals surface area contributed by atoms with Crippen LogP contribution >= 0.6 is 11.8 Å². The molecule has 0 unspecified atom stereocenters. The first kappa shape index (κ1) is 20.0. The number of hydrogen-bond donors (Lipinski definition) is 1. The van der Waals surface area contributed by atoms with Gasteiger partial charge in [-0.15, -0.1) is 0 Å². The predicted octanol–water partition coefficient (Wildman–Crippen LogP) is 1.82. The largest absolute Gasteiger partial charge is 0.468 e. The van der Waals surface area contributed by atoms with Crippen molar-refractivity contribution in [2.75, 3.05) is 12.9 Å². The average molecular weight is 377 g/mol. The summed E-state index contributed by atoms with van der Waals surface area (Å²) in [6.45, 7) is 5.74. The van der Waals surface area contributed by atoms with Crippen LogP contribution in [0.25, 0.3) is 10.9 Å². The van der Waals surface area contributed by atoms with Gasteiger partial charge in [0.05, 0.1) is 23.8 Å². The number of nitrogens with one attached hydrogen (secondary N) is 1. The van der Waals surface area contributed by atoms with Crippen LogP contribution < -0.4 is 10.9 Å². The number of para-hydroxylation sites is 1. The lowest BCUT2D eigenvalue weighted by molar-refractivity contribution is -0.141. The van der Waals surface area contributed by atoms with Crippen LogP contribution in [0.3, 0.4) is 0 Å². The molecule has 0 spiro atoms. The summed E-state index contributed by atoms with van der Waals surface area (Å²) in [6.07, 6.45) is 0. The molecule has 1 heterocycles. The maximum atomic E-state index is 12.7. The van der Waals surface area contributed by atoms with Gasteiger partial charge in [-0.3, -0.25) is 19.0 Å². The molecule has 0 aliphatic heterocycles. The summed E-state index contributed by atoms with van der Waals surface area (Å²) >= 11 is 1.12. The zero-order valence-corrected chi connectivity index (χ0v) is 16.1. The van der Waals surface area contributed by atoms with Crippen LogP contribution in [-0.4, -0.2) is 40.3 Å². The molecular weight excluding hydrogens is 354 g/mol. The van der Waals surface area contributed by atoms with Crippen LogP contribution in [0.2, 0.25) is 0 Å². The number of aromatic nitrogens is 2. The van der Waals surface area contributed by atoms with Crippen molar-refractivity contribution in [3.05, 3.63) is 34.6 Å². The van der Waals surface area contributed by atoms with Crippen molar-refractivity contribution in [1.29, 1.82) is 0 Å². The van der Waals surface area contributed by atoms with Crippen LogP contribution in [-0.2, 0) is 20.9 Å². The summed E-state index contributed by atoms with van der Waals surface area (Å²) < 4.78 is 5.91. The van der Waals surface area contributed by atoms with Crippen LogP contribution in [0.4, 0.5) is 0 Å². The topological polar surface area (TPSA) is 90.3 Å². The van der Waals surface area contributed by atoms with Crippen molar-refractivity contribution in [3.8, 4) is 0 Å². The number of nitrogens with zero attached hydrogens (tertiary/aromatic N) is 2. The first-order chi connectivity index (χ1) is 12.3. The molecule has 140 valence electrons. The summed E-state index contributed by atoms with van der Waals surface area (Å²) in [7, 11) is 1.26. The highest BCUT2D eigenvalue weighted by Crippen LogP contribution is 2.18. The molecule has 1 aromatic carbocycles. The molecule has 0 aliphatic carbocycles. The van der Waals surface area contributed by atoms with Crippen molar-refractivity contribution >= 4 is 34.5 Å². The van der Waals surface area contributed by atoms with Gasteiger partial charge in [0.1, 0.15) is 6.54 Å². The molecule has 7 nitrogen and oxygen atoms in total. The number of esters is 1. The number of carbonyl (C=O) groups excluding carboxylic acids is 2. The van der Waals surface area contributed by atoms with Gasteiger partial charge in [0.2, 0.25) is 5.91 Å². The summed E-state index contributed by atoms with van der Waals surface area (Å²) in [4.78, 5) is 41.0. The van der Waals surface area contributed by atoms with Crippen LogP contribution in [0, 0.1) is 5.92 Å². The van der Waals surface area contributed by atoms with E-state index in [1.165, 1.54) is 11.7 Å². The first-order valence-corrected chi connectivity index (χ1v) is 9.30. The van der Waals surface area contributed by atoms with E-state index in [1.807, 2.05) is 20.8 Å². The Morgan fingerprint density at radius 2 is 1.96 bits per heavy atom. The number of amides is 1. The van der Waals surface area contributed by atoms with Crippen molar-refractivity contribution < 1.29 is 14.3 Å². The van der Waals surface area contributed by atoms with Gasteiger partial charge in [-0.1, -0.05) is 37.7 Å².